The van der Waals surface area contributed by atoms with Crippen molar-refractivity contribution in [2.75, 3.05) is 19.0 Å². The van der Waals surface area contributed by atoms with Crippen molar-refractivity contribution < 1.29 is 27.1 Å². The summed E-state index contributed by atoms with van der Waals surface area (Å²) in [6.07, 6.45) is 0. The Hall–Kier alpha value is -2.78. The highest BCUT2D eigenvalue weighted by Crippen LogP contribution is 2.19. The molecule has 7 nitrogen and oxygen atoms in total. The molecule has 0 aliphatic heterocycles. The maximum atomic E-state index is 13.5. The maximum absolute atomic E-state index is 13.5. The molecule has 0 unspecified atom stereocenters. The van der Waals surface area contributed by atoms with E-state index >= 15 is 0 Å². The number of rotatable bonds is 7. The fourth-order valence-electron chi connectivity index (χ4n) is 2.29. The number of aryl methyl sites for hydroxylation is 1. The lowest BCUT2D eigenvalue weighted by Gasteiger charge is -2.21. The highest BCUT2D eigenvalue weighted by Gasteiger charge is 2.23. The fraction of sp³-hybridized carbons (Fsp3) is 0.300. The molecule has 9 heteroatoms. The van der Waals surface area contributed by atoms with Crippen LogP contribution in [0.25, 0.3) is 0 Å². The second-order valence-corrected chi connectivity index (χ2v) is 8.73. The molecule has 0 fully saturated rings. The molecule has 0 atom stereocenters. The number of hydrogen-bond donors (Lipinski definition) is 1. The van der Waals surface area contributed by atoms with E-state index in [0.717, 1.165) is 6.07 Å². The first-order valence-corrected chi connectivity index (χ1v) is 10.3. The summed E-state index contributed by atoms with van der Waals surface area (Å²) >= 11 is 0. The zero-order valence-electron chi connectivity index (χ0n) is 16.6. The normalized spacial score (nSPS) is 11.6. The highest BCUT2D eigenvalue weighted by atomic mass is 32.2. The predicted molar refractivity (Wildman–Crippen MR) is 107 cm³/mol. The van der Waals surface area contributed by atoms with E-state index < -0.39 is 34.3 Å². The third-order valence-electron chi connectivity index (χ3n) is 4.28. The van der Waals surface area contributed by atoms with E-state index in [-0.39, 0.29) is 16.5 Å². The summed E-state index contributed by atoms with van der Waals surface area (Å²) in [5.41, 5.74) is 0.743. The number of amides is 1. The molecule has 0 saturated heterocycles. The standard InChI is InChI=1S/C20H23FN2O5S/c1-13(2)23(4)29(26,27)17-9-7-16(8-10-17)22-19(24)12-28-20(25)15-6-5-14(3)18(21)11-15/h5-11,13H,12H2,1-4H3,(H,22,24). The summed E-state index contributed by atoms with van der Waals surface area (Å²) in [6, 6.07) is 9.34. The molecule has 0 bridgehead atoms. The smallest absolute Gasteiger partial charge is 0.338 e. The van der Waals surface area contributed by atoms with E-state index in [0.29, 0.717) is 11.3 Å². The van der Waals surface area contributed by atoms with Gasteiger partial charge in [0.2, 0.25) is 10.0 Å². The zero-order chi connectivity index (χ0) is 21.8. The summed E-state index contributed by atoms with van der Waals surface area (Å²) in [7, 11) is -2.13. The Balaban J connectivity index is 1.95. The Morgan fingerprint density at radius 3 is 2.31 bits per heavy atom. The van der Waals surface area contributed by atoms with Gasteiger partial charge < -0.3 is 10.1 Å². The van der Waals surface area contributed by atoms with Crippen LogP contribution in [0.2, 0.25) is 0 Å². The van der Waals surface area contributed by atoms with Gasteiger partial charge in [-0.1, -0.05) is 6.07 Å². The summed E-state index contributed by atoms with van der Waals surface area (Å²) in [4.78, 5) is 24.0. The van der Waals surface area contributed by atoms with Crippen molar-refractivity contribution in [1.29, 1.82) is 0 Å². The van der Waals surface area contributed by atoms with Crippen molar-refractivity contribution in [2.24, 2.45) is 0 Å². The third kappa shape index (κ3) is 5.61. The number of ether oxygens (including phenoxy) is 1. The lowest BCUT2D eigenvalue weighted by molar-refractivity contribution is -0.119. The number of nitrogens with one attached hydrogen (secondary N) is 1. The summed E-state index contributed by atoms with van der Waals surface area (Å²) in [5, 5.41) is 2.50. The average Bonchev–Trinajstić information content (AvgIpc) is 2.67. The van der Waals surface area contributed by atoms with Gasteiger partial charge in [-0.15, -0.1) is 0 Å². The van der Waals surface area contributed by atoms with Crippen LogP contribution in [0.4, 0.5) is 10.1 Å². The monoisotopic (exact) mass is 422 g/mol. The quantitative estimate of drug-likeness (QED) is 0.693. The van der Waals surface area contributed by atoms with E-state index in [1.54, 1.807) is 20.8 Å². The van der Waals surface area contributed by atoms with Crippen molar-refractivity contribution >= 4 is 27.6 Å². The lowest BCUT2D eigenvalue weighted by atomic mass is 10.1. The summed E-state index contributed by atoms with van der Waals surface area (Å²) in [5.74, 6) is -1.97. The SMILES string of the molecule is Cc1ccc(C(=O)OCC(=O)Nc2ccc(S(=O)(=O)N(C)C(C)C)cc2)cc1F. The lowest BCUT2D eigenvalue weighted by Crippen LogP contribution is -2.33. The van der Waals surface area contributed by atoms with Crippen LogP contribution in [-0.4, -0.2) is 44.3 Å². The third-order valence-corrected chi connectivity index (χ3v) is 6.33. The predicted octanol–water partition coefficient (Wildman–Crippen LogP) is 2.96. The molecule has 0 spiro atoms. The van der Waals surface area contributed by atoms with Crippen LogP contribution in [0.15, 0.2) is 47.4 Å². The van der Waals surface area contributed by atoms with Crippen LogP contribution in [0, 0.1) is 12.7 Å². The van der Waals surface area contributed by atoms with Gasteiger partial charge in [0, 0.05) is 18.8 Å². The van der Waals surface area contributed by atoms with Crippen molar-refractivity contribution in [1.82, 2.24) is 4.31 Å². The Kier molecular flexibility index (Phi) is 7.10. The Morgan fingerprint density at radius 1 is 1.14 bits per heavy atom. The van der Waals surface area contributed by atoms with Crippen LogP contribution in [0.1, 0.15) is 29.8 Å². The number of anilines is 1. The molecule has 2 aromatic carbocycles. The molecular formula is C20H23FN2O5S. The second-order valence-electron chi connectivity index (χ2n) is 6.73. The van der Waals surface area contributed by atoms with Crippen LogP contribution < -0.4 is 5.32 Å². The average molecular weight is 422 g/mol. The first-order chi connectivity index (χ1) is 13.5. The van der Waals surface area contributed by atoms with Gasteiger partial charge in [-0.2, -0.15) is 4.31 Å². The number of esters is 1. The van der Waals surface area contributed by atoms with Gasteiger partial charge in [0.15, 0.2) is 6.61 Å². The number of halogens is 1. The molecule has 2 rings (SSSR count). The molecule has 1 amide bonds. The number of benzene rings is 2. The van der Waals surface area contributed by atoms with E-state index in [1.165, 1.54) is 47.8 Å². The van der Waals surface area contributed by atoms with E-state index in [4.69, 9.17) is 4.74 Å². The van der Waals surface area contributed by atoms with Crippen LogP contribution >= 0.6 is 0 Å². The largest absolute Gasteiger partial charge is 0.452 e. The van der Waals surface area contributed by atoms with Gasteiger partial charge in [0.25, 0.3) is 5.91 Å². The van der Waals surface area contributed by atoms with Crippen molar-refractivity contribution in [3.05, 3.63) is 59.4 Å². The minimum absolute atomic E-state index is 0.00438. The first kappa shape index (κ1) is 22.5. The summed E-state index contributed by atoms with van der Waals surface area (Å²) < 4.78 is 44.5. The van der Waals surface area contributed by atoms with E-state index in [2.05, 4.69) is 5.32 Å². The van der Waals surface area contributed by atoms with E-state index in [9.17, 15) is 22.4 Å². The Morgan fingerprint density at radius 2 is 1.76 bits per heavy atom. The first-order valence-electron chi connectivity index (χ1n) is 8.83. The Labute approximate surface area is 169 Å². The molecule has 0 aromatic heterocycles. The highest BCUT2D eigenvalue weighted by molar-refractivity contribution is 7.89. The van der Waals surface area contributed by atoms with Gasteiger partial charge in [0.1, 0.15) is 5.82 Å². The fourth-order valence-corrected chi connectivity index (χ4v) is 3.65. The number of carbonyl (C=O) groups is 2. The minimum atomic E-state index is -3.62. The van der Waals surface area contributed by atoms with Crippen molar-refractivity contribution in [3.63, 3.8) is 0 Å². The number of nitrogens with zero attached hydrogens (tertiary/aromatic N) is 1. The molecule has 0 aliphatic rings. The van der Waals surface area contributed by atoms with Crippen LogP contribution in [0.5, 0.6) is 0 Å². The Bertz CT molecular complexity index is 1000. The van der Waals surface area contributed by atoms with Gasteiger partial charge in [-0.3, -0.25) is 4.79 Å². The molecular weight excluding hydrogens is 399 g/mol. The number of carbonyl (C=O) groups excluding carboxylic acids is 2. The van der Waals surface area contributed by atoms with Crippen LogP contribution in [0.3, 0.4) is 0 Å². The molecule has 0 radical (unpaired) electrons. The molecule has 0 heterocycles. The van der Waals surface area contributed by atoms with Crippen molar-refractivity contribution in [3.8, 4) is 0 Å². The molecule has 0 saturated carbocycles. The molecule has 0 aliphatic carbocycles. The van der Waals surface area contributed by atoms with Gasteiger partial charge in [-0.25, -0.2) is 17.6 Å². The molecule has 1 N–H and O–H groups in total. The van der Waals surface area contributed by atoms with Gasteiger partial charge in [0.05, 0.1) is 10.5 Å². The topological polar surface area (TPSA) is 92.8 Å². The number of sulfonamides is 1. The minimum Gasteiger partial charge on any atom is -0.452 e. The zero-order valence-corrected chi connectivity index (χ0v) is 17.4. The molecule has 29 heavy (non-hydrogen) atoms. The molecule has 156 valence electrons. The van der Waals surface area contributed by atoms with Gasteiger partial charge in [-0.05, 0) is 62.7 Å². The maximum Gasteiger partial charge on any atom is 0.338 e. The van der Waals surface area contributed by atoms with E-state index in [1.807, 2.05) is 0 Å². The van der Waals surface area contributed by atoms with Crippen LogP contribution in [-0.2, 0) is 19.6 Å². The summed E-state index contributed by atoms with van der Waals surface area (Å²) in [6.45, 7) is 4.52. The van der Waals surface area contributed by atoms with Gasteiger partial charge >= 0.3 is 5.97 Å². The molecule has 2 aromatic rings. The van der Waals surface area contributed by atoms with Crippen molar-refractivity contribution in [2.45, 2.75) is 31.7 Å². The second kappa shape index (κ2) is 9.15. The number of hydrogen-bond acceptors (Lipinski definition) is 5.